The van der Waals surface area contributed by atoms with Gasteiger partial charge in [0.2, 0.25) is 0 Å². The van der Waals surface area contributed by atoms with Gasteiger partial charge >= 0.3 is 12.1 Å². The van der Waals surface area contributed by atoms with Gasteiger partial charge in [-0.3, -0.25) is 0 Å². The molecule has 1 N–H and O–H groups in total. The summed E-state index contributed by atoms with van der Waals surface area (Å²) in [5.41, 5.74) is 3.40. The molecule has 0 saturated carbocycles. The van der Waals surface area contributed by atoms with Gasteiger partial charge in [-0.1, -0.05) is 55.5 Å². The lowest BCUT2D eigenvalue weighted by atomic mass is 9.73. The number of carboxylic acids is 1. The second kappa shape index (κ2) is 9.77. The molecule has 1 aliphatic carbocycles. The minimum absolute atomic E-state index is 0.229. The number of aliphatic carboxylic acids is 1. The van der Waals surface area contributed by atoms with Crippen molar-refractivity contribution in [1.82, 2.24) is 0 Å². The van der Waals surface area contributed by atoms with Crippen LogP contribution in [0.2, 0.25) is 0 Å². The van der Waals surface area contributed by atoms with Crippen LogP contribution in [0.3, 0.4) is 0 Å². The third-order valence-corrected chi connectivity index (χ3v) is 5.93. The number of carboxylic acid groups (broad SMARTS) is 1. The molecule has 1 unspecified atom stereocenters. The molecule has 0 spiro atoms. The van der Waals surface area contributed by atoms with E-state index < -0.39 is 12.1 Å². The number of hydrogen-bond acceptors (Lipinski definition) is 4. The van der Waals surface area contributed by atoms with Crippen molar-refractivity contribution in [3.05, 3.63) is 90.0 Å². The summed E-state index contributed by atoms with van der Waals surface area (Å²) in [6, 6.07) is 24.6. The van der Waals surface area contributed by atoms with Gasteiger partial charge in [0, 0.05) is 5.41 Å². The lowest BCUT2D eigenvalue weighted by Gasteiger charge is -2.35. The second-order valence-electron chi connectivity index (χ2n) is 8.62. The van der Waals surface area contributed by atoms with Gasteiger partial charge in [-0.25, -0.2) is 14.5 Å². The maximum Gasteiger partial charge on any atom is 0.418 e. The molecule has 1 aliphatic rings. The summed E-state index contributed by atoms with van der Waals surface area (Å²) >= 11 is 0. The van der Waals surface area contributed by atoms with Gasteiger partial charge in [-0.05, 0) is 60.7 Å². The first-order chi connectivity index (χ1) is 16.0. The average Bonchev–Trinajstić information content (AvgIpc) is 2.83. The van der Waals surface area contributed by atoms with Gasteiger partial charge in [0.05, 0.1) is 18.0 Å². The van der Waals surface area contributed by atoms with Crippen molar-refractivity contribution in [2.24, 2.45) is 5.41 Å². The normalized spacial score (nSPS) is 17.0. The fourth-order valence-corrected chi connectivity index (χ4v) is 4.25. The molecule has 6 heteroatoms. The molecule has 0 fully saturated rings. The zero-order valence-corrected chi connectivity index (χ0v) is 18.6. The molecule has 0 aromatic heterocycles. The van der Waals surface area contributed by atoms with Crippen LogP contribution in [0.4, 0.5) is 16.2 Å². The van der Waals surface area contributed by atoms with E-state index in [4.69, 9.17) is 14.6 Å². The van der Waals surface area contributed by atoms with Crippen molar-refractivity contribution < 1.29 is 24.2 Å². The maximum atomic E-state index is 13.2. The van der Waals surface area contributed by atoms with Gasteiger partial charge in [-0.15, -0.1) is 0 Å². The molecule has 1 atom stereocenters. The third-order valence-electron chi connectivity index (χ3n) is 5.93. The Morgan fingerprint density at radius 1 is 0.939 bits per heavy atom. The summed E-state index contributed by atoms with van der Waals surface area (Å²) in [6.07, 6.45) is 1.84. The van der Waals surface area contributed by atoms with Crippen molar-refractivity contribution in [3.63, 3.8) is 0 Å². The summed E-state index contributed by atoms with van der Waals surface area (Å²) in [5.74, 6) is -0.380. The fraction of sp³-hybridized carbons (Fsp3) is 0.259. The van der Waals surface area contributed by atoms with Gasteiger partial charge in [-0.2, -0.15) is 0 Å². The van der Waals surface area contributed by atoms with Gasteiger partial charge < -0.3 is 14.6 Å². The zero-order chi connectivity index (χ0) is 23.3. The van der Waals surface area contributed by atoms with Gasteiger partial charge in [0.1, 0.15) is 5.75 Å². The number of carbonyl (C=O) groups is 2. The van der Waals surface area contributed by atoms with Crippen LogP contribution >= 0.6 is 0 Å². The molecule has 33 heavy (non-hydrogen) atoms. The van der Waals surface area contributed by atoms with Gasteiger partial charge in [0.25, 0.3) is 0 Å². The van der Waals surface area contributed by atoms with Crippen molar-refractivity contribution in [1.29, 1.82) is 0 Å². The largest absolute Gasteiger partial charge is 0.482 e. The van der Waals surface area contributed by atoms with Crippen LogP contribution in [0.1, 0.15) is 24.5 Å². The molecule has 3 aromatic carbocycles. The number of fused-ring (bicyclic) bond motifs is 1. The van der Waals surface area contributed by atoms with Crippen LogP contribution in [0.15, 0.2) is 78.9 Å². The summed E-state index contributed by atoms with van der Waals surface area (Å²) < 4.78 is 11.3. The van der Waals surface area contributed by atoms with Crippen molar-refractivity contribution in [2.75, 3.05) is 18.1 Å². The molecular weight excluding hydrogens is 418 g/mol. The summed E-state index contributed by atoms with van der Waals surface area (Å²) in [7, 11) is 0. The molecular formula is C27H27NO5. The molecule has 0 bridgehead atoms. The predicted molar refractivity (Wildman–Crippen MR) is 126 cm³/mol. The molecule has 0 heterocycles. The average molecular weight is 446 g/mol. The Balaban J connectivity index is 1.48. The Labute approximate surface area is 193 Å². The Kier molecular flexibility index (Phi) is 6.63. The van der Waals surface area contributed by atoms with E-state index in [1.807, 2.05) is 78.9 Å². The maximum absolute atomic E-state index is 13.2. The van der Waals surface area contributed by atoms with Crippen LogP contribution in [-0.2, 0) is 22.4 Å². The second-order valence-corrected chi connectivity index (χ2v) is 8.62. The minimum atomic E-state index is -0.999. The quantitative estimate of drug-likeness (QED) is 0.511. The molecule has 0 aliphatic heterocycles. The van der Waals surface area contributed by atoms with Crippen LogP contribution < -0.4 is 9.64 Å². The first-order valence-corrected chi connectivity index (χ1v) is 11.0. The molecule has 4 rings (SSSR count). The summed E-state index contributed by atoms with van der Waals surface area (Å²) in [6.45, 7) is 2.03. The van der Waals surface area contributed by atoms with Crippen molar-refractivity contribution >= 4 is 23.4 Å². The monoisotopic (exact) mass is 445 g/mol. The first-order valence-electron chi connectivity index (χ1n) is 11.0. The highest BCUT2D eigenvalue weighted by atomic mass is 16.6. The van der Waals surface area contributed by atoms with Crippen molar-refractivity contribution in [3.8, 4) is 5.75 Å². The number of amides is 1. The summed E-state index contributed by atoms with van der Waals surface area (Å²) in [4.78, 5) is 25.7. The van der Waals surface area contributed by atoms with E-state index in [1.54, 1.807) is 4.90 Å². The fourth-order valence-electron chi connectivity index (χ4n) is 4.25. The van der Waals surface area contributed by atoms with Crippen molar-refractivity contribution in [2.45, 2.75) is 26.2 Å². The highest BCUT2D eigenvalue weighted by molar-refractivity contribution is 5.95. The number of benzene rings is 3. The lowest BCUT2D eigenvalue weighted by Crippen LogP contribution is -2.35. The number of anilines is 2. The Morgan fingerprint density at radius 3 is 2.18 bits per heavy atom. The van der Waals surface area contributed by atoms with E-state index in [9.17, 15) is 9.59 Å². The van der Waals surface area contributed by atoms with E-state index >= 15 is 0 Å². The topological polar surface area (TPSA) is 76.1 Å². The van der Waals surface area contributed by atoms with E-state index in [0.29, 0.717) is 5.75 Å². The van der Waals surface area contributed by atoms with Crippen LogP contribution in [0.25, 0.3) is 0 Å². The number of rotatable bonds is 7. The van der Waals surface area contributed by atoms with E-state index in [1.165, 1.54) is 0 Å². The number of para-hydroxylation sites is 2. The Bertz CT molecular complexity index is 1080. The van der Waals surface area contributed by atoms with E-state index in [-0.39, 0.29) is 18.6 Å². The number of hydrogen-bond donors (Lipinski definition) is 1. The first kappa shape index (κ1) is 22.4. The zero-order valence-electron chi connectivity index (χ0n) is 18.6. The molecule has 6 nitrogen and oxygen atoms in total. The van der Waals surface area contributed by atoms with Crippen LogP contribution in [-0.4, -0.2) is 30.4 Å². The number of nitrogens with zero attached hydrogens (tertiary/aromatic N) is 1. The van der Waals surface area contributed by atoms with Gasteiger partial charge in [0.15, 0.2) is 6.61 Å². The molecule has 3 aromatic rings. The van der Waals surface area contributed by atoms with Crippen LogP contribution in [0.5, 0.6) is 5.75 Å². The highest BCUT2D eigenvalue weighted by Gasteiger charge is 2.33. The van der Waals surface area contributed by atoms with E-state index in [2.05, 4.69) is 6.92 Å². The summed E-state index contributed by atoms with van der Waals surface area (Å²) in [5, 5.41) is 8.92. The number of ether oxygens (including phenoxy) is 2. The molecule has 0 radical (unpaired) electrons. The standard InChI is InChI=1S/C27H27NO5/c1-27(16-15-23-20(17-27)9-8-14-24(23)32-18-25(29)30)19-33-26(31)28(21-10-4-2-5-11-21)22-12-6-3-7-13-22/h2-14H,15-19H2,1H3,(H,29,30). The molecule has 0 saturated heterocycles. The number of carbonyl (C=O) groups excluding carboxylic acids is 1. The Morgan fingerprint density at radius 2 is 1.58 bits per heavy atom. The Hall–Kier alpha value is -3.80. The van der Waals surface area contributed by atoms with Crippen LogP contribution in [0, 0.1) is 5.41 Å². The SMILES string of the molecule is CC1(COC(=O)N(c2ccccc2)c2ccccc2)CCc2c(cccc2OCC(=O)O)C1. The minimum Gasteiger partial charge on any atom is -0.482 e. The predicted octanol–water partition coefficient (Wildman–Crippen LogP) is 5.62. The van der Waals surface area contributed by atoms with E-state index in [0.717, 1.165) is 41.8 Å². The highest BCUT2D eigenvalue weighted by Crippen LogP contribution is 2.39. The smallest absolute Gasteiger partial charge is 0.418 e. The molecule has 1 amide bonds. The molecule has 170 valence electrons. The lowest BCUT2D eigenvalue weighted by molar-refractivity contribution is -0.139. The third kappa shape index (κ3) is 5.34.